The van der Waals surface area contributed by atoms with Gasteiger partial charge in [-0.2, -0.15) is 0 Å². The highest BCUT2D eigenvalue weighted by Crippen LogP contribution is 2.24. The van der Waals surface area contributed by atoms with Crippen molar-refractivity contribution in [1.82, 2.24) is 15.0 Å². The van der Waals surface area contributed by atoms with E-state index in [-0.39, 0.29) is 0 Å². The van der Waals surface area contributed by atoms with Gasteiger partial charge < -0.3 is 5.73 Å². The normalized spacial score (nSPS) is 10.5. The second kappa shape index (κ2) is 4.59. The van der Waals surface area contributed by atoms with Gasteiger partial charge in [-0.05, 0) is 6.92 Å². The molecule has 0 saturated carbocycles. The Bertz CT molecular complexity index is 438. The van der Waals surface area contributed by atoms with Crippen molar-refractivity contribution in [3.05, 3.63) is 29.2 Å². The molecule has 0 atom stereocenters. The molecule has 2 aromatic rings. The van der Waals surface area contributed by atoms with Gasteiger partial charge in [-0.3, -0.25) is 4.98 Å². The van der Waals surface area contributed by atoms with Crippen LogP contribution in [0.15, 0.2) is 22.1 Å². The lowest BCUT2D eigenvalue weighted by atomic mass is 10.5. The van der Waals surface area contributed by atoms with Gasteiger partial charge in [0.2, 0.25) is 0 Å². The molecule has 0 fully saturated rings. The van der Waals surface area contributed by atoms with Crippen molar-refractivity contribution in [3.8, 4) is 0 Å². The molecule has 0 saturated heterocycles. The summed E-state index contributed by atoms with van der Waals surface area (Å²) < 4.78 is 1.06. The van der Waals surface area contributed by atoms with Gasteiger partial charge in [-0.15, -0.1) is 11.3 Å². The number of hydrogen-bond acceptors (Lipinski definition) is 6. The van der Waals surface area contributed by atoms with Crippen LogP contribution in [0.1, 0.15) is 11.4 Å². The van der Waals surface area contributed by atoms with Crippen LogP contribution in [0.4, 0.5) is 5.82 Å². The first kappa shape index (κ1) is 10.4. The van der Waals surface area contributed by atoms with Crippen LogP contribution >= 0.6 is 23.1 Å². The summed E-state index contributed by atoms with van der Waals surface area (Å²) in [6.45, 7) is 1.99. The van der Waals surface area contributed by atoms with Crippen LogP contribution in [0.2, 0.25) is 0 Å². The number of rotatable bonds is 3. The summed E-state index contributed by atoms with van der Waals surface area (Å²) >= 11 is 3.32. The van der Waals surface area contributed by atoms with E-state index >= 15 is 0 Å². The van der Waals surface area contributed by atoms with E-state index < -0.39 is 0 Å². The van der Waals surface area contributed by atoms with Crippen molar-refractivity contribution >= 4 is 28.9 Å². The Morgan fingerprint density at radius 3 is 2.87 bits per heavy atom. The van der Waals surface area contributed by atoms with Crippen LogP contribution < -0.4 is 5.73 Å². The van der Waals surface area contributed by atoms with Crippen LogP contribution in [0, 0.1) is 6.92 Å². The molecule has 0 amide bonds. The monoisotopic (exact) mass is 238 g/mol. The van der Waals surface area contributed by atoms with Gasteiger partial charge in [-0.25, -0.2) is 9.97 Å². The fourth-order valence-electron chi connectivity index (χ4n) is 0.974. The maximum Gasteiger partial charge on any atom is 0.150 e. The quantitative estimate of drug-likeness (QED) is 0.830. The number of aromatic nitrogens is 3. The molecule has 4 nitrogen and oxygen atoms in total. The minimum atomic E-state index is 0.453. The molecule has 0 aromatic carbocycles. The predicted molar refractivity (Wildman–Crippen MR) is 62.9 cm³/mol. The third-order valence-electron chi connectivity index (χ3n) is 1.67. The SMILES string of the molecule is Cc1csc(SCc2cnc(N)cn2)n1. The van der Waals surface area contributed by atoms with Gasteiger partial charge >= 0.3 is 0 Å². The number of thiazole rings is 1. The van der Waals surface area contributed by atoms with Crippen molar-refractivity contribution < 1.29 is 0 Å². The van der Waals surface area contributed by atoms with Gasteiger partial charge in [0, 0.05) is 16.8 Å². The predicted octanol–water partition coefficient (Wildman–Crippen LogP) is 2.12. The van der Waals surface area contributed by atoms with E-state index in [4.69, 9.17) is 5.73 Å². The molecule has 2 N–H and O–H groups in total. The molecule has 0 aliphatic heterocycles. The van der Waals surface area contributed by atoms with E-state index in [1.165, 1.54) is 0 Å². The van der Waals surface area contributed by atoms with Crippen molar-refractivity contribution in [3.63, 3.8) is 0 Å². The molecular formula is C9H10N4S2. The Kier molecular flexibility index (Phi) is 3.17. The van der Waals surface area contributed by atoms with Crippen LogP contribution in [0.5, 0.6) is 0 Å². The highest BCUT2D eigenvalue weighted by Gasteiger charge is 2.01. The molecule has 0 radical (unpaired) electrons. The molecule has 0 spiro atoms. The van der Waals surface area contributed by atoms with Crippen LogP contribution in [-0.4, -0.2) is 15.0 Å². The Hall–Kier alpha value is -1.14. The second-order valence-corrected chi connectivity index (χ2v) is 5.06. The lowest BCUT2D eigenvalue weighted by molar-refractivity contribution is 1.10. The molecule has 0 aliphatic carbocycles. The van der Waals surface area contributed by atoms with Crippen molar-refractivity contribution in [2.24, 2.45) is 0 Å². The molecule has 2 rings (SSSR count). The van der Waals surface area contributed by atoms with Crippen LogP contribution in [0.25, 0.3) is 0 Å². The van der Waals surface area contributed by atoms with E-state index in [1.54, 1.807) is 35.5 Å². The number of aryl methyl sites for hydroxylation is 1. The van der Waals surface area contributed by atoms with Gasteiger partial charge in [0.05, 0.1) is 18.1 Å². The first-order chi connectivity index (χ1) is 7.24. The van der Waals surface area contributed by atoms with E-state index in [0.29, 0.717) is 5.82 Å². The number of hydrogen-bond donors (Lipinski definition) is 1. The summed E-state index contributed by atoms with van der Waals surface area (Å²) in [5.74, 6) is 1.23. The average molecular weight is 238 g/mol. The van der Waals surface area contributed by atoms with E-state index in [9.17, 15) is 0 Å². The van der Waals surface area contributed by atoms with E-state index in [0.717, 1.165) is 21.5 Å². The smallest absolute Gasteiger partial charge is 0.150 e. The van der Waals surface area contributed by atoms with E-state index in [2.05, 4.69) is 15.0 Å². The minimum absolute atomic E-state index is 0.453. The molecule has 2 heterocycles. The topological polar surface area (TPSA) is 64.7 Å². The summed E-state index contributed by atoms with van der Waals surface area (Å²) in [5.41, 5.74) is 7.43. The van der Waals surface area contributed by atoms with Crippen molar-refractivity contribution in [2.45, 2.75) is 17.0 Å². The molecule has 0 unspecified atom stereocenters. The number of thioether (sulfide) groups is 1. The molecule has 0 bridgehead atoms. The number of nitrogens with zero attached hydrogens (tertiary/aromatic N) is 3. The summed E-state index contributed by atoms with van der Waals surface area (Å²) in [6, 6.07) is 0. The zero-order valence-electron chi connectivity index (χ0n) is 8.17. The third kappa shape index (κ3) is 2.90. The minimum Gasteiger partial charge on any atom is -0.382 e. The highest BCUT2D eigenvalue weighted by atomic mass is 32.2. The lowest BCUT2D eigenvalue weighted by Crippen LogP contribution is -1.94. The maximum atomic E-state index is 5.45. The van der Waals surface area contributed by atoms with Gasteiger partial charge in [0.1, 0.15) is 10.2 Å². The van der Waals surface area contributed by atoms with Gasteiger partial charge in [-0.1, -0.05) is 11.8 Å². The largest absolute Gasteiger partial charge is 0.382 e. The zero-order chi connectivity index (χ0) is 10.7. The van der Waals surface area contributed by atoms with Gasteiger partial charge in [0.25, 0.3) is 0 Å². The van der Waals surface area contributed by atoms with Crippen molar-refractivity contribution in [2.75, 3.05) is 5.73 Å². The fourth-order valence-corrected chi connectivity index (χ4v) is 2.72. The average Bonchev–Trinajstić information content (AvgIpc) is 2.64. The maximum absolute atomic E-state index is 5.45. The Balaban J connectivity index is 1.96. The first-order valence-electron chi connectivity index (χ1n) is 4.35. The van der Waals surface area contributed by atoms with E-state index in [1.807, 2.05) is 12.3 Å². The second-order valence-electron chi connectivity index (χ2n) is 2.98. The summed E-state index contributed by atoms with van der Waals surface area (Å²) in [7, 11) is 0. The highest BCUT2D eigenvalue weighted by molar-refractivity contribution is 8.00. The fraction of sp³-hybridized carbons (Fsp3) is 0.222. The number of anilines is 1. The Morgan fingerprint density at radius 1 is 1.40 bits per heavy atom. The molecule has 6 heteroatoms. The van der Waals surface area contributed by atoms with Gasteiger partial charge in [0.15, 0.2) is 0 Å². The number of nitrogen functional groups attached to an aromatic ring is 1. The number of nitrogens with two attached hydrogens (primary N) is 1. The molecule has 15 heavy (non-hydrogen) atoms. The standard InChI is InChI=1S/C9H10N4S2/c1-6-4-14-9(13-6)15-5-7-2-12-8(10)3-11-7/h2-4H,5H2,1H3,(H2,10,12). The molecule has 2 aromatic heterocycles. The lowest BCUT2D eigenvalue weighted by Gasteiger charge is -1.97. The zero-order valence-corrected chi connectivity index (χ0v) is 9.81. The molecule has 0 aliphatic rings. The molecule has 78 valence electrons. The Labute approximate surface area is 96.0 Å². The third-order valence-corrected chi connectivity index (χ3v) is 3.84. The van der Waals surface area contributed by atoms with Crippen LogP contribution in [0.3, 0.4) is 0 Å². The first-order valence-corrected chi connectivity index (χ1v) is 6.22. The summed E-state index contributed by atoms with van der Waals surface area (Å²) in [4.78, 5) is 12.5. The molecular weight excluding hydrogens is 228 g/mol. The van der Waals surface area contributed by atoms with Crippen molar-refractivity contribution in [1.29, 1.82) is 0 Å². The van der Waals surface area contributed by atoms with Crippen LogP contribution in [-0.2, 0) is 5.75 Å². The Morgan fingerprint density at radius 2 is 2.27 bits per heavy atom. The summed E-state index contributed by atoms with van der Waals surface area (Å²) in [6.07, 6.45) is 3.27. The summed E-state index contributed by atoms with van der Waals surface area (Å²) in [5, 5.41) is 2.04.